The van der Waals surface area contributed by atoms with E-state index in [0.717, 1.165) is 22.5 Å². The van der Waals surface area contributed by atoms with Gasteiger partial charge in [-0.2, -0.15) is 4.91 Å². The van der Waals surface area contributed by atoms with Crippen molar-refractivity contribution in [3.63, 3.8) is 0 Å². The van der Waals surface area contributed by atoms with Crippen LogP contribution in [-0.2, 0) is 6.54 Å². The van der Waals surface area contributed by atoms with Crippen LogP contribution in [0.25, 0.3) is 16.9 Å². The molecular formula is C20H19N7O. The molecule has 0 bridgehead atoms. The molecule has 8 heteroatoms. The van der Waals surface area contributed by atoms with Gasteiger partial charge in [-0.1, -0.05) is 17.3 Å². The quantitative estimate of drug-likeness (QED) is 0.497. The Morgan fingerprint density at radius 3 is 2.82 bits per heavy atom. The first-order valence-corrected chi connectivity index (χ1v) is 8.85. The normalized spacial score (nSPS) is 12.0. The standard InChI is InChI=1S/C20H19N7O/c1-13(26-20-16(11-25-28)19(21)23-12-24-20)15-10-14-6-3-5-9-27(14)18(15)17-7-2-4-8-22-17/h2-10,12-13H,11H2,1H3,(H3,21,23,24,26). The second-order valence-electron chi connectivity index (χ2n) is 6.40. The van der Waals surface area contributed by atoms with Crippen molar-refractivity contribution < 1.29 is 0 Å². The highest BCUT2D eigenvalue weighted by molar-refractivity contribution is 5.71. The number of nitrogens with zero attached hydrogens (tertiary/aromatic N) is 5. The molecule has 4 aromatic heterocycles. The third kappa shape index (κ3) is 3.16. The molecule has 28 heavy (non-hydrogen) atoms. The van der Waals surface area contributed by atoms with E-state index in [1.54, 1.807) is 6.20 Å². The van der Waals surface area contributed by atoms with Gasteiger partial charge in [-0.3, -0.25) is 4.98 Å². The molecule has 4 aromatic rings. The second kappa shape index (κ2) is 7.43. The minimum atomic E-state index is -0.128. The Bertz CT molecular complexity index is 1120. The summed E-state index contributed by atoms with van der Waals surface area (Å²) in [6.45, 7) is 1.93. The van der Waals surface area contributed by atoms with Crippen molar-refractivity contribution in [2.75, 3.05) is 11.1 Å². The van der Waals surface area contributed by atoms with Gasteiger partial charge in [-0.25, -0.2) is 9.97 Å². The number of hydrogen-bond donors (Lipinski definition) is 2. The number of nitrogens with two attached hydrogens (primary N) is 1. The van der Waals surface area contributed by atoms with Crippen LogP contribution in [0.15, 0.2) is 66.4 Å². The lowest BCUT2D eigenvalue weighted by Gasteiger charge is -2.18. The largest absolute Gasteiger partial charge is 0.383 e. The minimum Gasteiger partial charge on any atom is -0.383 e. The summed E-state index contributed by atoms with van der Waals surface area (Å²) < 4.78 is 2.11. The van der Waals surface area contributed by atoms with Crippen molar-refractivity contribution >= 4 is 17.2 Å². The average Bonchev–Trinajstić information content (AvgIpc) is 3.11. The topological polar surface area (TPSA) is 111 Å². The Hall–Kier alpha value is -3.81. The summed E-state index contributed by atoms with van der Waals surface area (Å²) in [6.07, 6.45) is 5.16. The number of pyridine rings is 2. The van der Waals surface area contributed by atoms with Gasteiger partial charge in [0.2, 0.25) is 0 Å². The van der Waals surface area contributed by atoms with E-state index in [1.807, 2.05) is 49.5 Å². The summed E-state index contributed by atoms with van der Waals surface area (Å²) in [5.41, 5.74) is 10.4. The van der Waals surface area contributed by atoms with E-state index in [2.05, 4.69) is 35.9 Å². The van der Waals surface area contributed by atoms with Crippen LogP contribution in [0.2, 0.25) is 0 Å². The number of nitrogen functional groups attached to an aromatic ring is 1. The molecule has 0 saturated carbocycles. The summed E-state index contributed by atoms with van der Waals surface area (Å²) in [7, 11) is 0. The molecule has 0 saturated heterocycles. The summed E-state index contributed by atoms with van der Waals surface area (Å²) in [4.78, 5) is 23.5. The van der Waals surface area contributed by atoms with Crippen LogP contribution in [0.5, 0.6) is 0 Å². The zero-order valence-corrected chi connectivity index (χ0v) is 15.3. The van der Waals surface area contributed by atoms with Crippen molar-refractivity contribution in [1.29, 1.82) is 0 Å². The Labute approximate surface area is 161 Å². The molecule has 4 rings (SSSR count). The number of hydrogen-bond acceptors (Lipinski definition) is 7. The molecule has 1 unspecified atom stereocenters. The van der Waals surface area contributed by atoms with Gasteiger partial charge >= 0.3 is 0 Å². The first-order chi connectivity index (χ1) is 13.7. The lowest BCUT2D eigenvalue weighted by molar-refractivity contribution is 0.861. The van der Waals surface area contributed by atoms with Gasteiger partial charge in [0.1, 0.15) is 24.5 Å². The predicted octanol–water partition coefficient (Wildman–Crippen LogP) is 3.81. The van der Waals surface area contributed by atoms with Gasteiger partial charge in [0.15, 0.2) is 0 Å². The average molecular weight is 373 g/mol. The highest BCUT2D eigenvalue weighted by Crippen LogP contribution is 2.33. The van der Waals surface area contributed by atoms with Crippen molar-refractivity contribution in [3.05, 3.63) is 77.2 Å². The number of fused-ring (bicyclic) bond motifs is 1. The van der Waals surface area contributed by atoms with E-state index in [4.69, 9.17) is 5.73 Å². The maximum Gasteiger partial charge on any atom is 0.137 e. The molecule has 0 aliphatic heterocycles. The van der Waals surface area contributed by atoms with Crippen LogP contribution in [0, 0.1) is 4.91 Å². The van der Waals surface area contributed by atoms with Crippen molar-refractivity contribution in [3.8, 4) is 11.4 Å². The van der Waals surface area contributed by atoms with Crippen LogP contribution >= 0.6 is 0 Å². The molecule has 0 radical (unpaired) electrons. The van der Waals surface area contributed by atoms with Gasteiger partial charge in [0.25, 0.3) is 0 Å². The minimum absolute atomic E-state index is 0.0907. The van der Waals surface area contributed by atoms with Crippen LogP contribution < -0.4 is 11.1 Å². The van der Waals surface area contributed by atoms with Crippen LogP contribution in [0.3, 0.4) is 0 Å². The fraction of sp³-hybridized carbons (Fsp3) is 0.150. The summed E-state index contributed by atoms with van der Waals surface area (Å²) in [6, 6.07) is 13.9. The van der Waals surface area contributed by atoms with Gasteiger partial charge in [-0.05, 0) is 37.3 Å². The molecular weight excluding hydrogens is 354 g/mol. The monoisotopic (exact) mass is 373 g/mol. The number of aromatic nitrogens is 4. The van der Waals surface area contributed by atoms with Gasteiger partial charge in [0.05, 0.1) is 23.0 Å². The number of anilines is 2. The Kier molecular flexibility index (Phi) is 4.67. The Morgan fingerprint density at radius 2 is 2.04 bits per heavy atom. The first-order valence-electron chi connectivity index (χ1n) is 8.85. The number of nitrogens with one attached hydrogen (secondary N) is 1. The van der Waals surface area contributed by atoms with E-state index < -0.39 is 0 Å². The lowest BCUT2D eigenvalue weighted by atomic mass is 10.1. The molecule has 0 aromatic carbocycles. The van der Waals surface area contributed by atoms with Gasteiger partial charge in [0, 0.05) is 23.5 Å². The molecule has 1 atom stereocenters. The molecule has 140 valence electrons. The van der Waals surface area contributed by atoms with Crippen molar-refractivity contribution in [1.82, 2.24) is 19.4 Å². The number of nitroso groups, excluding NO2 is 1. The summed E-state index contributed by atoms with van der Waals surface area (Å²) in [5, 5.41) is 6.30. The highest BCUT2D eigenvalue weighted by Gasteiger charge is 2.20. The first kappa shape index (κ1) is 17.6. The molecule has 3 N–H and O–H groups in total. The van der Waals surface area contributed by atoms with Crippen LogP contribution in [0.4, 0.5) is 11.6 Å². The molecule has 4 heterocycles. The van der Waals surface area contributed by atoms with Gasteiger partial charge < -0.3 is 15.5 Å². The summed E-state index contributed by atoms with van der Waals surface area (Å²) >= 11 is 0. The highest BCUT2D eigenvalue weighted by atomic mass is 16.3. The second-order valence-corrected chi connectivity index (χ2v) is 6.40. The van der Waals surface area contributed by atoms with E-state index in [1.165, 1.54) is 6.33 Å². The Balaban J connectivity index is 1.80. The third-order valence-corrected chi connectivity index (χ3v) is 4.64. The van der Waals surface area contributed by atoms with Crippen LogP contribution in [-0.4, -0.2) is 19.4 Å². The smallest absolute Gasteiger partial charge is 0.137 e. The predicted molar refractivity (Wildman–Crippen MR) is 109 cm³/mol. The molecule has 0 aliphatic carbocycles. The van der Waals surface area contributed by atoms with Crippen molar-refractivity contribution in [2.24, 2.45) is 5.18 Å². The lowest BCUT2D eigenvalue weighted by Crippen LogP contribution is -2.12. The SMILES string of the molecule is CC(Nc1ncnc(N)c1CN=O)c1cc2ccccn2c1-c1ccccn1. The van der Waals surface area contributed by atoms with E-state index >= 15 is 0 Å². The zero-order chi connectivity index (χ0) is 19.5. The fourth-order valence-corrected chi connectivity index (χ4v) is 3.30. The third-order valence-electron chi connectivity index (χ3n) is 4.64. The molecule has 0 aliphatic rings. The Morgan fingerprint density at radius 1 is 1.18 bits per heavy atom. The zero-order valence-electron chi connectivity index (χ0n) is 15.3. The van der Waals surface area contributed by atoms with E-state index in [-0.39, 0.29) is 18.4 Å². The summed E-state index contributed by atoms with van der Waals surface area (Å²) in [5.74, 6) is 0.748. The maximum absolute atomic E-state index is 10.8. The fourth-order valence-electron chi connectivity index (χ4n) is 3.30. The van der Waals surface area contributed by atoms with E-state index in [9.17, 15) is 4.91 Å². The molecule has 0 fully saturated rings. The van der Waals surface area contributed by atoms with Crippen LogP contribution in [0.1, 0.15) is 24.1 Å². The maximum atomic E-state index is 10.8. The van der Waals surface area contributed by atoms with Crippen molar-refractivity contribution in [2.45, 2.75) is 19.5 Å². The molecule has 0 spiro atoms. The molecule has 0 amide bonds. The van der Waals surface area contributed by atoms with Gasteiger partial charge in [-0.15, -0.1) is 0 Å². The van der Waals surface area contributed by atoms with E-state index in [0.29, 0.717) is 11.4 Å². The molecule has 8 nitrogen and oxygen atoms in total. The number of rotatable bonds is 6.